The van der Waals surface area contributed by atoms with Crippen LogP contribution in [-0.2, 0) is 14.3 Å². The third-order valence-corrected chi connectivity index (χ3v) is 7.67. The van der Waals surface area contributed by atoms with Gasteiger partial charge < -0.3 is 4.74 Å². The molecule has 1 saturated carbocycles. The molecule has 0 radical (unpaired) electrons. The minimum Gasteiger partial charge on any atom is -0.393 e. The van der Waals surface area contributed by atoms with E-state index >= 15 is 0 Å². The van der Waals surface area contributed by atoms with E-state index in [1.54, 1.807) is 0 Å². The molecule has 1 heterocycles. The zero-order valence-electron chi connectivity index (χ0n) is 17.3. The van der Waals surface area contributed by atoms with Crippen LogP contribution in [0, 0.1) is 11.8 Å². The molecule has 3 heteroatoms. The average molecular weight is 416 g/mol. The first-order valence-corrected chi connectivity index (χ1v) is 11.2. The third kappa shape index (κ3) is 2.20. The Bertz CT molecular complexity index is 1310. The maximum Gasteiger partial charge on any atom is 0.318 e. The number of benzene rings is 4. The highest BCUT2D eigenvalue weighted by Gasteiger charge is 2.63. The molecule has 4 aromatic carbocycles. The molecule has 2 aliphatic carbocycles. The van der Waals surface area contributed by atoms with Gasteiger partial charge in [0, 0.05) is 0 Å². The molecule has 0 unspecified atom stereocenters. The summed E-state index contributed by atoms with van der Waals surface area (Å²) in [5.41, 5.74) is 7.20. The molecule has 4 atom stereocenters. The summed E-state index contributed by atoms with van der Waals surface area (Å²) in [5.74, 6) is -1.36. The first-order valence-electron chi connectivity index (χ1n) is 11.2. The Balaban J connectivity index is 1.65. The fourth-order valence-electron chi connectivity index (χ4n) is 6.60. The van der Waals surface area contributed by atoms with Crippen LogP contribution < -0.4 is 0 Å². The van der Waals surface area contributed by atoms with Gasteiger partial charge in [0.15, 0.2) is 0 Å². The Morgan fingerprint density at radius 2 is 0.969 bits per heavy atom. The lowest BCUT2D eigenvalue weighted by Crippen LogP contribution is -2.25. The van der Waals surface area contributed by atoms with E-state index in [0.717, 1.165) is 17.5 Å². The van der Waals surface area contributed by atoms with Gasteiger partial charge >= 0.3 is 11.9 Å². The number of hydrogen-bond donors (Lipinski definition) is 0. The third-order valence-electron chi connectivity index (χ3n) is 7.67. The Morgan fingerprint density at radius 1 is 0.562 bits per heavy atom. The lowest BCUT2D eigenvalue weighted by Gasteiger charge is -2.29. The Hall–Kier alpha value is -3.72. The van der Waals surface area contributed by atoms with E-state index in [0.29, 0.717) is 0 Å². The lowest BCUT2D eigenvalue weighted by molar-refractivity contribution is -0.154. The van der Waals surface area contributed by atoms with E-state index in [1.807, 2.05) is 12.1 Å². The van der Waals surface area contributed by atoms with Crippen molar-refractivity contribution in [3.63, 3.8) is 0 Å². The van der Waals surface area contributed by atoms with E-state index in [9.17, 15) is 9.59 Å². The van der Waals surface area contributed by atoms with Crippen molar-refractivity contribution in [1.29, 1.82) is 0 Å². The number of rotatable bonds is 2. The van der Waals surface area contributed by atoms with E-state index in [4.69, 9.17) is 4.74 Å². The van der Waals surface area contributed by atoms with Crippen LogP contribution in [0.15, 0.2) is 84.9 Å². The van der Waals surface area contributed by atoms with Gasteiger partial charge in [0.2, 0.25) is 0 Å². The van der Waals surface area contributed by atoms with Crippen LogP contribution in [0.4, 0.5) is 0 Å². The van der Waals surface area contributed by atoms with Crippen molar-refractivity contribution < 1.29 is 14.3 Å². The minimum absolute atomic E-state index is 0.0150. The maximum absolute atomic E-state index is 12.7. The van der Waals surface area contributed by atoms with Crippen LogP contribution in [-0.4, -0.2) is 11.9 Å². The van der Waals surface area contributed by atoms with Gasteiger partial charge in [-0.3, -0.25) is 9.59 Å². The lowest BCUT2D eigenvalue weighted by atomic mass is 9.71. The normalized spacial score (nSPS) is 25.1. The van der Waals surface area contributed by atoms with Crippen LogP contribution in [0.2, 0.25) is 0 Å². The van der Waals surface area contributed by atoms with Crippen LogP contribution in [0.3, 0.4) is 0 Å². The average Bonchev–Trinajstić information content (AvgIpc) is 3.49. The quantitative estimate of drug-likeness (QED) is 0.294. The maximum atomic E-state index is 12.7. The standard InChI is InChI=1S/C29H20O3/c30-28-26-20-15-21(27(26)29(31)32-28)25-23(17-11-5-2-6-12-17)19-14-8-7-13-18(19)22(24(20)25)16-9-3-1-4-10-16/h1-14,20-21,26-27H,15H2/t20-,21+,26+,27-. The molecule has 154 valence electrons. The summed E-state index contributed by atoms with van der Waals surface area (Å²) in [6.45, 7) is 0. The van der Waals surface area contributed by atoms with Gasteiger partial charge in [-0.05, 0) is 62.4 Å². The zero-order chi connectivity index (χ0) is 21.4. The van der Waals surface area contributed by atoms with Crippen molar-refractivity contribution in [2.75, 3.05) is 0 Å². The number of ether oxygens (including phenoxy) is 1. The first-order chi connectivity index (χ1) is 15.7. The van der Waals surface area contributed by atoms with Crippen LogP contribution in [0.5, 0.6) is 0 Å². The number of fused-ring (bicyclic) bond motifs is 9. The number of hydrogen-bond acceptors (Lipinski definition) is 3. The van der Waals surface area contributed by atoms with Crippen molar-refractivity contribution in [3.05, 3.63) is 96.1 Å². The van der Waals surface area contributed by atoms with Crippen LogP contribution in [0.25, 0.3) is 33.0 Å². The van der Waals surface area contributed by atoms with E-state index in [2.05, 4.69) is 72.8 Å². The van der Waals surface area contributed by atoms with Crippen molar-refractivity contribution in [2.45, 2.75) is 18.3 Å². The second-order valence-corrected chi connectivity index (χ2v) is 9.10. The summed E-state index contributed by atoms with van der Waals surface area (Å²) in [7, 11) is 0. The topological polar surface area (TPSA) is 43.4 Å². The molecule has 7 rings (SSSR count). The minimum atomic E-state index is -0.354. The Morgan fingerprint density at radius 3 is 1.41 bits per heavy atom. The number of carbonyl (C=O) groups excluding carboxylic acids is 2. The van der Waals surface area contributed by atoms with E-state index in [-0.39, 0.29) is 35.6 Å². The Labute approximate surface area is 185 Å². The summed E-state index contributed by atoms with van der Waals surface area (Å²) in [5, 5.41) is 2.39. The molecule has 3 aliphatic rings. The molecule has 2 bridgehead atoms. The van der Waals surface area contributed by atoms with Gasteiger partial charge in [0.25, 0.3) is 0 Å². The van der Waals surface area contributed by atoms with E-state index in [1.165, 1.54) is 33.0 Å². The predicted octanol–water partition coefficient (Wildman–Crippen LogP) is 6.07. The molecule has 0 spiro atoms. The number of carbonyl (C=O) groups is 2. The van der Waals surface area contributed by atoms with Gasteiger partial charge in [-0.2, -0.15) is 0 Å². The Kier molecular flexibility index (Phi) is 3.58. The zero-order valence-corrected chi connectivity index (χ0v) is 17.3. The van der Waals surface area contributed by atoms with Gasteiger partial charge in [-0.1, -0.05) is 84.9 Å². The van der Waals surface area contributed by atoms with Crippen LogP contribution in [0.1, 0.15) is 29.4 Å². The van der Waals surface area contributed by atoms with Crippen molar-refractivity contribution in [1.82, 2.24) is 0 Å². The summed E-state index contributed by atoms with van der Waals surface area (Å²) in [6, 6.07) is 29.4. The molecule has 3 nitrogen and oxygen atoms in total. The highest BCUT2D eigenvalue weighted by molar-refractivity contribution is 6.10. The summed E-state index contributed by atoms with van der Waals surface area (Å²) in [6.07, 6.45) is 0.835. The van der Waals surface area contributed by atoms with Crippen molar-refractivity contribution in [3.8, 4) is 22.3 Å². The molecule has 1 saturated heterocycles. The van der Waals surface area contributed by atoms with Crippen LogP contribution >= 0.6 is 0 Å². The monoisotopic (exact) mass is 416 g/mol. The number of cyclic esters (lactones) is 2. The fraction of sp³-hybridized carbons (Fsp3) is 0.172. The molecular weight excluding hydrogens is 396 g/mol. The van der Waals surface area contributed by atoms with Gasteiger partial charge in [0.1, 0.15) is 0 Å². The van der Waals surface area contributed by atoms with Gasteiger partial charge in [-0.25, -0.2) is 0 Å². The van der Waals surface area contributed by atoms with E-state index < -0.39 is 0 Å². The highest BCUT2D eigenvalue weighted by atomic mass is 16.6. The molecular formula is C29H20O3. The molecule has 32 heavy (non-hydrogen) atoms. The molecule has 2 fully saturated rings. The second kappa shape index (κ2) is 6.39. The molecule has 0 aromatic heterocycles. The first kappa shape index (κ1) is 17.9. The van der Waals surface area contributed by atoms with Crippen molar-refractivity contribution in [2.24, 2.45) is 11.8 Å². The smallest absolute Gasteiger partial charge is 0.318 e. The second-order valence-electron chi connectivity index (χ2n) is 9.10. The molecule has 0 N–H and O–H groups in total. The highest BCUT2D eigenvalue weighted by Crippen LogP contribution is 2.66. The molecule has 0 amide bonds. The fourth-order valence-corrected chi connectivity index (χ4v) is 6.60. The summed E-state index contributed by atoms with van der Waals surface area (Å²) < 4.78 is 5.15. The predicted molar refractivity (Wildman–Crippen MR) is 123 cm³/mol. The molecule has 1 aliphatic heterocycles. The molecule has 4 aromatic rings. The van der Waals surface area contributed by atoms with Gasteiger partial charge in [0.05, 0.1) is 11.8 Å². The number of esters is 2. The van der Waals surface area contributed by atoms with Crippen molar-refractivity contribution >= 4 is 22.7 Å². The SMILES string of the molecule is O=C1OC(=O)[C@H]2[C@@H]1[C@@H]1C[C@H]2c2c1c(-c1ccccc1)c1ccccc1c2-c1ccccc1. The largest absolute Gasteiger partial charge is 0.393 e. The summed E-state index contributed by atoms with van der Waals surface area (Å²) in [4.78, 5) is 25.4. The van der Waals surface area contributed by atoms with Gasteiger partial charge in [-0.15, -0.1) is 0 Å². The summed E-state index contributed by atoms with van der Waals surface area (Å²) >= 11 is 0.